The minimum Gasteiger partial charge on any atom is -0.508 e. The van der Waals surface area contributed by atoms with Gasteiger partial charge in [0.2, 0.25) is 5.78 Å². The standard InChI is InChI=1S/C19H21Br2NO3/c1-10(2)6-5-7-12-14(23)9-8-13-16(12)25-19(18(13)24)17(21)15(20)11(3)22(19)4/h8-10,23H,3,5-7H2,1-2,4H3. The van der Waals surface area contributed by atoms with Crippen molar-refractivity contribution in [2.75, 3.05) is 7.05 Å². The highest BCUT2D eigenvalue weighted by atomic mass is 79.9. The van der Waals surface area contributed by atoms with Gasteiger partial charge in [0.15, 0.2) is 0 Å². The molecule has 1 unspecified atom stereocenters. The Morgan fingerprint density at radius 3 is 2.60 bits per heavy atom. The highest BCUT2D eigenvalue weighted by molar-refractivity contribution is 9.14. The predicted octanol–water partition coefficient (Wildman–Crippen LogP) is 5.10. The fraction of sp³-hybridized carbons (Fsp3) is 0.421. The molecule has 1 spiro atoms. The van der Waals surface area contributed by atoms with Crippen molar-refractivity contribution in [2.24, 2.45) is 5.92 Å². The van der Waals surface area contributed by atoms with Crippen LogP contribution < -0.4 is 4.74 Å². The van der Waals surface area contributed by atoms with Crippen LogP contribution >= 0.6 is 31.9 Å². The summed E-state index contributed by atoms with van der Waals surface area (Å²) in [7, 11) is 1.78. The number of phenolic OH excluding ortho intramolecular Hbond substituents is 1. The molecular weight excluding hydrogens is 450 g/mol. The average Bonchev–Trinajstić information content (AvgIpc) is 2.94. The van der Waals surface area contributed by atoms with E-state index in [9.17, 15) is 9.90 Å². The van der Waals surface area contributed by atoms with Gasteiger partial charge in [0.05, 0.1) is 14.5 Å². The van der Waals surface area contributed by atoms with Crippen LogP contribution in [-0.4, -0.2) is 28.6 Å². The summed E-state index contributed by atoms with van der Waals surface area (Å²) in [5.74, 6) is 1.08. The Morgan fingerprint density at radius 2 is 2.04 bits per heavy atom. The van der Waals surface area contributed by atoms with Crippen LogP contribution in [0.25, 0.3) is 0 Å². The van der Waals surface area contributed by atoms with Crippen LogP contribution in [0.1, 0.15) is 42.6 Å². The summed E-state index contributed by atoms with van der Waals surface area (Å²) in [6, 6.07) is 3.22. The Hall–Kier alpha value is -1.27. The van der Waals surface area contributed by atoms with Gasteiger partial charge in [-0.15, -0.1) is 0 Å². The third-order valence-electron chi connectivity index (χ3n) is 4.87. The number of aromatic hydroxyl groups is 1. The van der Waals surface area contributed by atoms with Crippen molar-refractivity contribution in [3.63, 3.8) is 0 Å². The molecular formula is C19H21Br2NO3. The Labute approximate surface area is 164 Å². The summed E-state index contributed by atoms with van der Waals surface area (Å²) in [5, 5.41) is 10.3. The van der Waals surface area contributed by atoms with Crippen LogP contribution in [-0.2, 0) is 6.42 Å². The molecule has 0 saturated carbocycles. The van der Waals surface area contributed by atoms with Gasteiger partial charge in [-0.25, -0.2) is 0 Å². The highest BCUT2D eigenvalue weighted by Gasteiger charge is 2.59. The van der Waals surface area contributed by atoms with E-state index >= 15 is 0 Å². The summed E-state index contributed by atoms with van der Waals surface area (Å²) >= 11 is 6.97. The molecule has 0 amide bonds. The molecule has 0 aliphatic carbocycles. The van der Waals surface area contributed by atoms with Crippen molar-refractivity contribution in [3.8, 4) is 11.5 Å². The first-order valence-corrected chi connectivity index (χ1v) is 9.88. The summed E-state index contributed by atoms with van der Waals surface area (Å²) < 4.78 is 7.53. The summed E-state index contributed by atoms with van der Waals surface area (Å²) in [4.78, 5) is 14.9. The number of benzene rings is 1. The summed E-state index contributed by atoms with van der Waals surface area (Å²) in [5.41, 5.74) is 0.583. The lowest BCUT2D eigenvalue weighted by atomic mass is 9.97. The maximum absolute atomic E-state index is 13.2. The largest absolute Gasteiger partial charge is 0.508 e. The van der Waals surface area contributed by atoms with E-state index in [1.807, 2.05) is 0 Å². The molecule has 3 rings (SSSR count). The number of carbonyl (C=O) groups is 1. The number of ketones is 1. The molecule has 0 fully saturated rings. The molecule has 1 N–H and O–H groups in total. The lowest BCUT2D eigenvalue weighted by molar-refractivity contribution is 0.0221. The monoisotopic (exact) mass is 469 g/mol. The van der Waals surface area contributed by atoms with Crippen LogP contribution in [0.5, 0.6) is 11.5 Å². The smallest absolute Gasteiger partial charge is 0.281 e. The maximum atomic E-state index is 13.2. The van der Waals surface area contributed by atoms with E-state index in [1.54, 1.807) is 24.1 Å². The Kier molecular flexibility index (Phi) is 4.79. The second kappa shape index (κ2) is 6.47. The molecule has 6 heteroatoms. The van der Waals surface area contributed by atoms with Crippen molar-refractivity contribution in [3.05, 3.63) is 44.5 Å². The van der Waals surface area contributed by atoms with Crippen LogP contribution in [0.15, 0.2) is 33.4 Å². The fourth-order valence-corrected chi connectivity index (χ4v) is 4.63. The molecule has 25 heavy (non-hydrogen) atoms. The van der Waals surface area contributed by atoms with Crippen molar-refractivity contribution in [1.82, 2.24) is 4.90 Å². The Balaban J connectivity index is 2.04. The molecule has 0 aromatic heterocycles. The molecule has 2 aliphatic rings. The molecule has 4 nitrogen and oxygen atoms in total. The molecule has 2 heterocycles. The minimum absolute atomic E-state index is 0.155. The first-order chi connectivity index (χ1) is 11.7. The summed E-state index contributed by atoms with van der Waals surface area (Å²) in [6.45, 7) is 8.34. The first-order valence-electron chi connectivity index (χ1n) is 8.29. The number of phenols is 1. The van der Waals surface area contributed by atoms with Gasteiger partial charge < -0.3 is 14.7 Å². The molecule has 0 radical (unpaired) electrons. The molecule has 1 atom stereocenters. The maximum Gasteiger partial charge on any atom is 0.281 e. The SMILES string of the molecule is C=C1C(Br)=C(Br)C2(Oc3c(ccc(O)c3CCCC(C)C)C2=O)N1C. The lowest BCUT2D eigenvalue weighted by Gasteiger charge is -2.32. The van der Waals surface area contributed by atoms with E-state index in [2.05, 4.69) is 52.3 Å². The third-order valence-corrected chi connectivity index (χ3v) is 7.19. The van der Waals surface area contributed by atoms with E-state index in [0.29, 0.717) is 43.9 Å². The van der Waals surface area contributed by atoms with E-state index in [-0.39, 0.29) is 11.5 Å². The normalized spacial score (nSPS) is 22.4. The number of nitrogens with zero attached hydrogens (tertiary/aromatic N) is 1. The van der Waals surface area contributed by atoms with Crippen molar-refractivity contribution in [1.29, 1.82) is 0 Å². The summed E-state index contributed by atoms with van der Waals surface area (Å²) in [6.07, 6.45) is 2.65. The number of allylic oxidation sites excluding steroid dienone is 1. The fourth-order valence-electron chi connectivity index (χ4n) is 3.34. The van der Waals surface area contributed by atoms with Gasteiger partial charge in [-0.1, -0.05) is 26.8 Å². The number of Topliss-reactive ketones (excluding diaryl/α,β-unsaturated/α-hetero) is 1. The third kappa shape index (κ3) is 2.65. The van der Waals surface area contributed by atoms with Crippen molar-refractivity contribution < 1.29 is 14.6 Å². The molecule has 0 bridgehead atoms. The topological polar surface area (TPSA) is 49.8 Å². The number of rotatable bonds is 4. The highest BCUT2D eigenvalue weighted by Crippen LogP contribution is 2.53. The number of carbonyl (C=O) groups excluding carboxylic acids is 1. The van der Waals surface area contributed by atoms with Crippen molar-refractivity contribution in [2.45, 2.75) is 38.8 Å². The number of fused-ring (bicyclic) bond motifs is 1. The number of halogens is 2. The van der Waals surface area contributed by atoms with Gasteiger partial charge in [0.1, 0.15) is 11.5 Å². The number of likely N-dealkylation sites (N-methyl/N-ethyl adjacent to an activating group) is 1. The zero-order valence-corrected chi connectivity index (χ0v) is 17.7. The second-order valence-electron chi connectivity index (χ2n) is 6.93. The molecule has 0 saturated heterocycles. The lowest BCUT2D eigenvalue weighted by Crippen LogP contribution is -2.50. The number of hydrogen-bond donors (Lipinski definition) is 1. The average molecular weight is 471 g/mol. The number of hydrogen-bond acceptors (Lipinski definition) is 4. The first kappa shape index (κ1) is 18.5. The van der Waals surface area contributed by atoms with Gasteiger partial charge in [-0.05, 0) is 62.8 Å². The molecule has 1 aromatic rings. The van der Waals surface area contributed by atoms with Crippen molar-refractivity contribution >= 4 is 37.6 Å². The second-order valence-corrected chi connectivity index (χ2v) is 8.52. The predicted molar refractivity (Wildman–Crippen MR) is 105 cm³/mol. The van der Waals surface area contributed by atoms with Gasteiger partial charge in [-0.3, -0.25) is 4.79 Å². The zero-order chi connectivity index (χ0) is 18.5. The van der Waals surface area contributed by atoms with E-state index in [4.69, 9.17) is 4.74 Å². The van der Waals surface area contributed by atoms with E-state index in [1.165, 1.54) is 0 Å². The van der Waals surface area contributed by atoms with Crippen LogP contribution in [0.3, 0.4) is 0 Å². The minimum atomic E-state index is -1.28. The van der Waals surface area contributed by atoms with Crippen LogP contribution in [0.2, 0.25) is 0 Å². The van der Waals surface area contributed by atoms with E-state index < -0.39 is 5.72 Å². The van der Waals surface area contributed by atoms with Gasteiger partial charge in [-0.2, -0.15) is 0 Å². The molecule has 2 aliphatic heterocycles. The molecule has 1 aromatic carbocycles. The quantitative estimate of drug-likeness (QED) is 0.664. The van der Waals surface area contributed by atoms with Gasteiger partial charge in [0.25, 0.3) is 5.72 Å². The number of ether oxygens (including phenoxy) is 1. The zero-order valence-electron chi connectivity index (χ0n) is 14.5. The molecule has 134 valence electrons. The van der Waals surface area contributed by atoms with E-state index in [0.717, 1.165) is 12.8 Å². The Morgan fingerprint density at radius 1 is 1.36 bits per heavy atom. The van der Waals surface area contributed by atoms with Gasteiger partial charge in [0, 0.05) is 18.3 Å². The van der Waals surface area contributed by atoms with Crippen LogP contribution in [0, 0.1) is 5.92 Å². The van der Waals surface area contributed by atoms with Gasteiger partial charge >= 0.3 is 0 Å². The van der Waals surface area contributed by atoms with Crippen LogP contribution in [0.4, 0.5) is 0 Å². The Bertz CT molecular complexity index is 800.